The van der Waals surface area contributed by atoms with Crippen molar-refractivity contribution in [1.29, 1.82) is 0 Å². The summed E-state index contributed by atoms with van der Waals surface area (Å²) in [5.74, 6) is 0.830. The van der Waals surface area contributed by atoms with Gasteiger partial charge in [0.15, 0.2) is 0 Å². The van der Waals surface area contributed by atoms with E-state index in [1.165, 1.54) is 16.3 Å². The van der Waals surface area contributed by atoms with Crippen LogP contribution in [0.15, 0.2) is 30.3 Å². The summed E-state index contributed by atoms with van der Waals surface area (Å²) in [5.41, 5.74) is 2.22. The summed E-state index contributed by atoms with van der Waals surface area (Å²) in [5, 5.41) is 12.2. The van der Waals surface area contributed by atoms with Crippen LogP contribution in [0.5, 0.6) is 0 Å². The Bertz CT molecular complexity index is 600. The maximum Gasteiger partial charge on any atom is 0.407 e. The molecule has 1 aliphatic rings. The van der Waals surface area contributed by atoms with Gasteiger partial charge in [0.1, 0.15) is 0 Å². The van der Waals surface area contributed by atoms with Crippen LogP contribution in [0.25, 0.3) is 10.8 Å². The van der Waals surface area contributed by atoms with E-state index < -0.39 is 7.05 Å². The van der Waals surface area contributed by atoms with Crippen molar-refractivity contribution in [2.45, 2.75) is 26.6 Å². The van der Waals surface area contributed by atoms with Crippen molar-refractivity contribution in [2.75, 3.05) is 17.2 Å². The van der Waals surface area contributed by atoms with Crippen LogP contribution in [-0.2, 0) is 53.8 Å². The molecule has 1 radical (unpaired) electrons. The SMILES string of the molecule is CB(O)N1CC(CCl)c2c1[c-]cc1ccccc21.CC.[CH3-].[W].[Y]. The van der Waals surface area contributed by atoms with Crippen LogP contribution in [0.4, 0.5) is 5.69 Å². The minimum Gasteiger partial charge on any atom is -0.433 e. The van der Waals surface area contributed by atoms with Crippen molar-refractivity contribution >= 4 is 35.1 Å². The number of anilines is 1. The second-order valence-electron chi connectivity index (χ2n) is 4.77. The van der Waals surface area contributed by atoms with Crippen LogP contribution >= 0.6 is 11.6 Å². The molecule has 1 N–H and O–H groups in total. The minimum atomic E-state index is -0.505. The topological polar surface area (TPSA) is 23.5 Å². The van der Waals surface area contributed by atoms with E-state index in [2.05, 4.69) is 18.2 Å². The molecule has 3 rings (SSSR count). The molecular formula is C17H23BClNOWY-2. The molecule has 2 aromatic rings. The maximum atomic E-state index is 9.85. The Kier molecular flexibility index (Phi) is 13.5. The molecule has 2 nitrogen and oxygen atoms in total. The van der Waals surface area contributed by atoms with Gasteiger partial charge in [-0.1, -0.05) is 37.7 Å². The molecule has 6 heteroatoms. The minimum absolute atomic E-state index is 0. The fraction of sp³-hybridized carbons (Fsp3) is 0.353. The molecule has 0 aliphatic carbocycles. The molecule has 0 saturated heterocycles. The smallest absolute Gasteiger partial charge is 0.407 e. The molecule has 1 atom stereocenters. The number of benzene rings is 2. The monoisotopic (exact) mass is 576 g/mol. The summed E-state index contributed by atoms with van der Waals surface area (Å²) < 4.78 is 0. The van der Waals surface area contributed by atoms with Crippen LogP contribution in [0, 0.1) is 13.5 Å². The van der Waals surface area contributed by atoms with Crippen molar-refractivity contribution in [3.05, 3.63) is 49.4 Å². The second kappa shape index (κ2) is 12.0. The first-order chi connectivity index (χ1) is 9.72. The molecule has 1 aliphatic heterocycles. The van der Waals surface area contributed by atoms with Gasteiger partial charge in [-0.3, -0.25) is 0 Å². The van der Waals surface area contributed by atoms with Crippen molar-refractivity contribution < 1.29 is 58.8 Å². The fourth-order valence-electron chi connectivity index (χ4n) is 2.76. The average molecular weight is 576 g/mol. The van der Waals surface area contributed by atoms with E-state index in [4.69, 9.17) is 11.6 Å². The number of alkyl halides is 1. The molecule has 0 aromatic heterocycles. The van der Waals surface area contributed by atoms with Gasteiger partial charge in [0.25, 0.3) is 0 Å². The average Bonchev–Trinajstić information content (AvgIpc) is 2.88. The van der Waals surface area contributed by atoms with Crippen molar-refractivity contribution in [2.24, 2.45) is 0 Å². The van der Waals surface area contributed by atoms with E-state index in [0.29, 0.717) is 5.88 Å². The van der Waals surface area contributed by atoms with Crippen molar-refractivity contribution in [3.8, 4) is 0 Å². The van der Waals surface area contributed by atoms with Gasteiger partial charge in [-0.15, -0.1) is 34.0 Å². The van der Waals surface area contributed by atoms with Gasteiger partial charge in [0.05, 0.1) is 0 Å². The molecule has 23 heavy (non-hydrogen) atoms. The summed E-state index contributed by atoms with van der Waals surface area (Å²) in [6, 6.07) is 13.6. The van der Waals surface area contributed by atoms with E-state index in [0.717, 1.165) is 12.2 Å². The molecule has 1 heterocycles. The van der Waals surface area contributed by atoms with Gasteiger partial charge < -0.3 is 17.3 Å². The molecule has 0 amide bonds. The predicted octanol–water partition coefficient (Wildman–Crippen LogP) is 4.36. The van der Waals surface area contributed by atoms with Crippen molar-refractivity contribution in [1.82, 2.24) is 0 Å². The number of hydrogen-bond donors (Lipinski definition) is 1. The zero-order valence-corrected chi connectivity index (χ0v) is 20.7. The largest absolute Gasteiger partial charge is 0.433 e. The summed E-state index contributed by atoms with van der Waals surface area (Å²) >= 11 is 6.08. The Morgan fingerprint density at radius 1 is 1.35 bits per heavy atom. The molecular weight excluding hydrogens is 553 g/mol. The number of halogens is 1. The molecule has 0 bridgehead atoms. The summed E-state index contributed by atoms with van der Waals surface area (Å²) in [6.07, 6.45) is 0. The van der Waals surface area contributed by atoms with Crippen LogP contribution in [0.1, 0.15) is 25.3 Å². The summed E-state index contributed by atoms with van der Waals surface area (Å²) in [4.78, 5) is 1.97. The van der Waals surface area contributed by atoms with Crippen LogP contribution in [0.3, 0.4) is 0 Å². The van der Waals surface area contributed by atoms with Gasteiger partial charge >= 0.3 is 7.05 Å². The summed E-state index contributed by atoms with van der Waals surface area (Å²) in [7, 11) is -0.505. The number of fused-ring (bicyclic) bond motifs is 3. The zero-order chi connectivity index (χ0) is 14.7. The number of rotatable bonds is 2. The summed E-state index contributed by atoms with van der Waals surface area (Å²) in [6.45, 7) is 6.55. The Morgan fingerprint density at radius 3 is 2.52 bits per heavy atom. The van der Waals surface area contributed by atoms with E-state index >= 15 is 0 Å². The van der Waals surface area contributed by atoms with Gasteiger partial charge in [0.2, 0.25) is 0 Å². The Morgan fingerprint density at radius 2 is 1.96 bits per heavy atom. The van der Waals surface area contributed by atoms with E-state index in [9.17, 15) is 5.02 Å². The zero-order valence-electron chi connectivity index (χ0n) is 14.2. The molecule has 0 fully saturated rings. The Balaban J connectivity index is 0. The van der Waals surface area contributed by atoms with Gasteiger partial charge in [0, 0.05) is 66.2 Å². The number of hydrogen-bond acceptors (Lipinski definition) is 2. The standard InChI is InChI=1S/C14H14BClNO.C2H6.CH3.W.Y/c1-15(18)17-9-11(8-16)14-12-5-3-2-4-10(12)6-7-13(14)17;1-2;;;/h2-6,11,18H,8-9H2,1H3;1-2H3;1H3;;/q-1;;-1;;. The second-order valence-corrected chi connectivity index (χ2v) is 5.08. The van der Waals surface area contributed by atoms with E-state index in [1.807, 2.05) is 36.9 Å². The first kappa shape index (κ1) is 25.8. The van der Waals surface area contributed by atoms with E-state index in [-0.39, 0.29) is 67.1 Å². The molecule has 0 spiro atoms. The Hall–Kier alpha value is 0.607. The fourth-order valence-corrected chi connectivity index (χ4v) is 3.01. The van der Waals surface area contributed by atoms with Gasteiger partial charge in [-0.25, -0.2) is 0 Å². The number of nitrogens with zero attached hydrogens (tertiary/aromatic N) is 1. The third-order valence-electron chi connectivity index (χ3n) is 3.62. The Labute approximate surface area is 185 Å². The van der Waals surface area contributed by atoms with Crippen LogP contribution in [0.2, 0.25) is 6.82 Å². The van der Waals surface area contributed by atoms with Gasteiger partial charge in [-0.05, 0) is 12.7 Å². The molecule has 1 unspecified atom stereocenters. The third-order valence-corrected chi connectivity index (χ3v) is 3.99. The molecule has 123 valence electrons. The molecule has 0 saturated carbocycles. The quantitative estimate of drug-likeness (QED) is 0.327. The van der Waals surface area contributed by atoms with Gasteiger partial charge in [-0.2, -0.15) is 12.1 Å². The first-order valence-electron chi connectivity index (χ1n) is 7.16. The van der Waals surface area contributed by atoms with Crippen LogP contribution < -0.4 is 4.81 Å². The first-order valence-corrected chi connectivity index (χ1v) is 7.70. The van der Waals surface area contributed by atoms with Crippen LogP contribution in [-0.4, -0.2) is 24.5 Å². The third kappa shape index (κ3) is 5.29. The normalized spacial score (nSPS) is 14.5. The van der Waals surface area contributed by atoms with E-state index in [1.54, 1.807) is 6.82 Å². The van der Waals surface area contributed by atoms with Crippen molar-refractivity contribution in [3.63, 3.8) is 0 Å². The predicted molar refractivity (Wildman–Crippen MR) is 95.2 cm³/mol. The molecule has 2 aromatic carbocycles. The maximum absolute atomic E-state index is 9.85.